The molecule has 0 unspecified atom stereocenters. The van der Waals surface area contributed by atoms with E-state index in [-0.39, 0.29) is 5.92 Å². The van der Waals surface area contributed by atoms with Gasteiger partial charge in [0, 0.05) is 12.5 Å². The Morgan fingerprint density at radius 3 is 2.35 bits per heavy atom. The zero-order valence-corrected chi connectivity index (χ0v) is 17.3. The number of halogens is 3. The molecule has 31 heavy (non-hydrogen) atoms. The monoisotopic (exact) mass is 453 g/mol. The van der Waals surface area contributed by atoms with Crippen LogP contribution < -0.4 is 5.32 Å². The molecule has 166 valence electrons. The smallest absolute Gasteiger partial charge is 0.450 e. The van der Waals surface area contributed by atoms with E-state index in [1.807, 2.05) is 30.3 Å². The van der Waals surface area contributed by atoms with E-state index >= 15 is 0 Å². The number of carbonyl (C=O) groups is 1. The second kappa shape index (κ2) is 9.95. The molecule has 0 aliphatic heterocycles. The number of benzene rings is 1. The van der Waals surface area contributed by atoms with Crippen LogP contribution in [-0.2, 0) is 12.7 Å². The summed E-state index contributed by atoms with van der Waals surface area (Å²) in [7, 11) is 0. The predicted molar refractivity (Wildman–Crippen MR) is 113 cm³/mol. The number of hydrogen-bond acceptors (Lipinski definition) is 5. The minimum atomic E-state index is -4.37. The Balaban J connectivity index is 0.000000628. The van der Waals surface area contributed by atoms with Crippen LogP contribution in [0.2, 0.25) is 0 Å². The van der Waals surface area contributed by atoms with E-state index in [0.717, 1.165) is 37.3 Å². The Hall–Kier alpha value is -2.88. The number of nitrogens with one attached hydrogen (secondary N) is 1. The lowest BCUT2D eigenvalue weighted by molar-refractivity contribution is -0.134. The number of thiophene rings is 1. The molecule has 3 aromatic rings. The first kappa shape index (κ1) is 22.8. The minimum absolute atomic E-state index is 0.233. The van der Waals surface area contributed by atoms with Crippen molar-refractivity contribution in [3.63, 3.8) is 0 Å². The molecule has 1 aromatic carbocycles. The molecule has 0 saturated heterocycles. The van der Waals surface area contributed by atoms with Gasteiger partial charge in [-0.3, -0.25) is 0 Å². The third-order valence-corrected chi connectivity index (χ3v) is 6.04. The lowest BCUT2D eigenvalue weighted by Crippen LogP contribution is -2.11. The van der Waals surface area contributed by atoms with E-state index in [4.69, 9.17) is 15.0 Å². The van der Waals surface area contributed by atoms with E-state index < -0.39 is 17.2 Å². The zero-order valence-electron chi connectivity index (χ0n) is 16.5. The summed E-state index contributed by atoms with van der Waals surface area (Å²) in [5, 5.41) is 17.6. The number of nitrogens with zero attached hydrogens (tertiary/aromatic N) is 2. The summed E-state index contributed by atoms with van der Waals surface area (Å²) in [4.78, 5) is 17.5. The van der Waals surface area contributed by atoms with Crippen LogP contribution in [0.15, 0.2) is 36.4 Å². The van der Waals surface area contributed by atoms with E-state index in [2.05, 4.69) is 15.3 Å². The average Bonchev–Trinajstić information content (AvgIpc) is 3.18. The summed E-state index contributed by atoms with van der Waals surface area (Å²) in [6.45, 7) is 0.508. The predicted octanol–water partition coefficient (Wildman–Crippen LogP) is 6.59. The first-order valence-corrected chi connectivity index (χ1v) is 10.6. The number of aromatic nitrogens is 2. The van der Waals surface area contributed by atoms with Crippen LogP contribution in [0.1, 0.15) is 54.3 Å². The largest absolute Gasteiger partial charge is 0.503 e. The fourth-order valence-corrected chi connectivity index (χ4v) is 4.44. The molecule has 2 aromatic heterocycles. The molecule has 1 aliphatic rings. The highest BCUT2D eigenvalue weighted by molar-refractivity contribution is 7.18. The molecule has 4 rings (SSSR count). The van der Waals surface area contributed by atoms with Gasteiger partial charge in [-0.2, -0.15) is 13.2 Å². The Bertz CT molecular complexity index is 1020. The summed E-state index contributed by atoms with van der Waals surface area (Å²) < 4.78 is 39.6. The topological polar surface area (TPSA) is 95.3 Å². The highest BCUT2D eigenvalue weighted by Gasteiger charge is 2.34. The molecular formula is C21H22F3N3O3S. The van der Waals surface area contributed by atoms with Crippen molar-refractivity contribution in [2.24, 2.45) is 0 Å². The molecule has 10 heteroatoms. The average molecular weight is 453 g/mol. The van der Waals surface area contributed by atoms with E-state index in [1.54, 1.807) is 0 Å². The Kier molecular flexibility index (Phi) is 7.32. The molecule has 0 radical (unpaired) electrons. The van der Waals surface area contributed by atoms with Crippen molar-refractivity contribution in [1.82, 2.24) is 9.97 Å². The van der Waals surface area contributed by atoms with Gasteiger partial charge >= 0.3 is 12.3 Å². The second-order valence-electron chi connectivity index (χ2n) is 7.21. The Morgan fingerprint density at radius 1 is 1.10 bits per heavy atom. The van der Waals surface area contributed by atoms with Gasteiger partial charge in [0.2, 0.25) is 0 Å². The molecule has 6 nitrogen and oxygen atoms in total. The van der Waals surface area contributed by atoms with Crippen molar-refractivity contribution in [3.8, 4) is 0 Å². The number of alkyl halides is 3. The molecular weight excluding hydrogens is 431 g/mol. The lowest BCUT2D eigenvalue weighted by atomic mass is 9.88. The minimum Gasteiger partial charge on any atom is -0.450 e. The number of rotatable bonds is 4. The number of anilines is 1. The summed E-state index contributed by atoms with van der Waals surface area (Å²) in [6, 6.07) is 10.9. The SMILES string of the molecule is FC(F)(F)c1cc2c(NCc3ccccc3)nc(C3CCCCC3)nc2s1.O=C(O)O. The van der Waals surface area contributed by atoms with Crippen molar-refractivity contribution < 1.29 is 28.2 Å². The summed E-state index contributed by atoms with van der Waals surface area (Å²) >= 11 is 0.702. The van der Waals surface area contributed by atoms with E-state index in [9.17, 15) is 13.2 Å². The van der Waals surface area contributed by atoms with Gasteiger partial charge in [-0.25, -0.2) is 14.8 Å². The van der Waals surface area contributed by atoms with Gasteiger partial charge in [-0.05, 0) is 24.5 Å². The van der Waals surface area contributed by atoms with Gasteiger partial charge in [0.1, 0.15) is 21.3 Å². The van der Waals surface area contributed by atoms with Crippen LogP contribution in [0.25, 0.3) is 10.2 Å². The molecule has 1 saturated carbocycles. The van der Waals surface area contributed by atoms with Gasteiger partial charge in [-0.1, -0.05) is 49.6 Å². The van der Waals surface area contributed by atoms with Crippen LogP contribution in [0.5, 0.6) is 0 Å². The molecule has 0 spiro atoms. The summed E-state index contributed by atoms with van der Waals surface area (Å²) in [6.07, 6.45) is -0.751. The first-order chi connectivity index (χ1) is 14.7. The van der Waals surface area contributed by atoms with Gasteiger partial charge in [0.15, 0.2) is 0 Å². The van der Waals surface area contributed by atoms with E-state index in [1.165, 1.54) is 6.42 Å². The maximum absolute atomic E-state index is 13.2. The van der Waals surface area contributed by atoms with Crippen LogP contribution in [0.3, 0.4) is 0 Å². The fraction of sp³-hybridized carbons (Fsp3) is 0.381. The fourth-order valence-electron chi connectivity index (χ4n) is 3.54. The maximum atomic E-state index is 13.2. The van der Waals surface area contributed by atoms with Crippen molar-refractivity contribution in [2.75, 3.05) is 5.32 Å². The van der Waals surface area contributed by atoms with Crippen molar-refractivity contribution in [3.05, 3.63) is 52.7 Å². The molecule has 1 fully saturated rings. The molecule has 1 aliphatic carbocycles. The molecule has 0 amide bonds. The number of hydrogen-bond donors (Lipinski definition) is 3. The van der Waals surface area contributed by atoms with Crippen molar-refractivity contribution in [1.29, 1.82) is 0 Å². The standard InChI is InChI=1S/C20H20F3N3S.CH2O3/c21-20(22,23)16-11-15-18(24-12-13-7-3-1-4-8-13)25-17(26-19(15)27-16)14-9-5-2-6-10-14;2-1(3)4/h1,3-4,7-8,11,14H,2,5-6,9-10,12H2,(H,24,25,26);(H2,2,3,4). The highest BCUT2D eigenvalue weighted by atomic mass is 32.1. The first-order valence-electron chi connectivity index (χ1n) is 9.82. The van der Waals surface area contributed by atoms with Gasteiger partial charge in [0.05, 0.1) is 5.39 Å². The van der Waals surface area contributed by atoms with Crippen molar-refractivity contribution >= 4 is 33.5 Å². The van der Waals surface area contributed by atoms with Gasteiger partial charge in [-0.15, -0.1) is 11.3 Å². The zero-order chi connectivity index (χ0) is 22.4. The summed E-state index contributed by atoms with van der Waals surface area (Å²) in [5.74, 6) is 1.40. The quantitative estimate of drug-likeness (QED) is 0.412. The van der Waals surface area contributed by atoms with Crippen molar-refractivity contribution in [2.45, 2.75) is 50.7 Å². The normalized spacial score (nSPS) is 14.7. The third kappa shape index (κ3) is 6.30. The lowest BCUT2D eigenvalue weighted by Gasteiger charge is -2.21. The number of fused-ring (bicyclic) bond motifs is 1. The van der Waals surface area contributed by atoms with Crippen LogP contribution >= 0.6 is 11.3 Å². The Labute approximate surface area is 180 Å². The second-order valence-corrected chi connectivity index (χ2v) is 8.24. The van der Waals surface area contributed by atoms with Crippen LogP contribution in [0.4, 0.5) is 23.8 Å². The Morgan fingerprint density at radius 2 is 1.74 bits per heavy atom. The molecule has 2 heterocycles. The van der Waals surface area contributed by atoms with Gasteiger partial charge in [0.25, 0.3) is 0 Å². The molecule has 0 atom stereocenters. The van der Waals surface area contributed by atoms with E-state index in [0.29, 0.717) is 39.7 Å². The molecule has 3 N–H and O–H groups in total. The van der Waals surface area contributed by atoms with Crippen LogP contribution in [-0.4, -0.2) is 26.3 Å². The highest BCUT2D eigenvalue weighted by Crippen LogP contribution is 2.40. The molecule has 0 bridgehead atoms. The maximum Gasteiger partial charge on any atom is 0.503 e. The third-order valence-electron chi connectivity index (χ3n) is 4.96. The number of carboxylic acid groups (broad SMARTS) is 2. The van der Waals surface area contributed by atoms with Crippen LogP contribution in [0, 0.1) is 0 Å². The van der Waals surface area contributed by atoms with Gasteiger partial charge < -0.3 is 15.5 Å². The summed E-state index contributed by atoms with van der Waals surface area (Å²) in [5.41, 5.74) is 1.05.